The molecule has 8 heteroatoms. The molecule has 0 aliphatic carbocycles. The minimum atomic E-state index is -1.08. The molecule has 2 atom stereocenters. The largest absolute Gasteiger partial charge is 0.493 e. The van der Waals surface area contributed by atoms with E-state index in [1.165, 1.54) is 0 Å². The summed E-state index contributed by atoms with van der Waals surface area (Å²) in [6.45, 7) is 2.51. The van der Waals surface area contributed by atoms with Crippen LogP contribution >= 0.6 is 0 Å². The lowest BCUT2D eigenvalue weighted by Crippen LogP contribution is -2.34. The van der Waals surface area contributed by atoms with E-state index in [1.54, 1.807) is 0 Å². The Morgan fingerprint density at radius 3 is 2.46 bits per heavy atom. The molecule has 178 valence electrons. The van der Waals surface area contributed by atoms with Gasteiger partial charge in [-0.1, -0.05) is 42.5 Å². The Labute approximate surface area is 200 Å². The van der Waals surface area contributed by atoms with Crippen molar-refractivity contribution in [1.82, 2.24) is 4.98 Å². The third kappa shape index (κ3) is 3.85. The van der Waals surface area contributed by atoms with Gasteiger partial charge in [-0.3, -0.25) is 0 Å². The van der Waals surface area contributed by atoms with Gasteiger partial charge >= 0.3 is 5.97 Å². The van der Waals surface area contributed by atoms with Gasteiger partial charge in [0.1, 0.15) is 11.8 Å². The number of benzene rings is 3. The lowest BCUT2D eigenvalue weighted by Gasteiger charge is -2.17. The van der Waals surface area contributed by atoms with Crippen LogP contribution in [0.25, 0.3) is 33.3 Å². The number of para-hydroxylation sites is 1. The molecule has 35 heavy (non-hydrogen) atoms. The topological polar surface area (TPSA) is 97.5 Å². The van der Waals surface area contributed by atoms with Crippen molar-refractivity contribution in [2.75, 3.05) is 18.5 Å². The molecule has 1 unspecified atom stereocenters. The molecule has 2 heterocycles. The van der Waals surface area contributed by atoms with Crippen molar-refractivity contribution in [3.05, 3.63) is 77.9 Å². The van der Waals surface area contributed by atoms with E-state index < -0.39 is 29.6 Å². The second-order valence-electron chi connectivity index (χ2n) is 8.34. The smallest absolute Gasteiger partial charge is 0.326 e. The first-order chi connectivity index (χ1) is 16.9. The van der Waals surface area contributed by atoms with Gasteiger partial charge in [-0.25, -0.2) is 18.6 Å². The summed E-state index contributed by atoms with van der Waals surface area (Å²) in [6.07, 6.45) is 0. The number of anilines is 1. The Kier molecular flexibility index (Phi) is 5.82. The number of pyridine rings is 1. The summed E-state index contributed by atoms with van der Waals surface area (Å²) in [5.74, 6) is -2.97. The fourth-order valence-corrected chi connectivity index (χ4v) is 4.71. The highest BCUT2D eigenvalue weighted by atomic mass is 19.2. The molecule has 0 radical (unpaired) electrons. The maximum absolute atomic E-state index is 14.1. The second kappa shape index (κ2) is 8.96. The predicted octanol–water partition coefficient (Wildman–Crippen LogP) is 5.17. The summed E-state index contributed by atoms with van der Waals surface area (Å²) in [4.78, 5) is 16.6. The van der Waals surface area contributed by atoms with Crippen molar-refractivity contribution < 1.29 is 23.4 Å². The zero-order valence-electron chi connectivity index (χ0n) is 18.9. The van der Waals surface area contributed by atoms with Crippen LogP contribution in [0.4, 0.5) is 14.5 Å². The van der Waals surface area contributed by atoms with Crippen molar-refractivity contribution in [2.24, 2.45) is 5.73 Å². The first kappa shape index (κ1) is 22.7. The van der Waals surface area contributed by atoms with Crippen LogP contribution in [0.3, 0.4) is 0 Å². The molecule has 0 saturated carbocycles. The summed E-state index contributed by atoms with van der Waals surface area (Å²) in [5.41, 5.74) is 10.3. The number of aromatic nitrogens is 1. The number of hydrogen-bond donors (Lipinski definition) is 3. The number of nitrogens with zero attached hydrogens (tertiary/aromatic N) is 1. The Morgan fingerprint density at radius 1 is 1.09 bits per heavy atom. The molecular weight excluding hydrogens is 452 g/mol. The molecule has 0 fully saturated rings. The van der Waals surface area contributed by atoms with Crippen LogP contribution in [-0.2, 0) is 4.79 Å². The van der Waals surface area contributed by atoms with Gasteiger partial charge in [0.25, 0.3) is 0 Å². The van der Waals surface area contributed by atoms with E-state index >= 15 is 0 Å². The Morgan fingerprint density at radius 2 is 1.77 bits per heavy atom. The number of carboxylic acids is 1. The molecule has 5 rings (SSSR count). The quantitative estimate of drug-likeness (QED) is 0.356. The van der Waals surface area contributed by atoms with Crippen LogP contribution < -0.4 is 15.8 Å². The third-order valence-electron chi connectivity index (χ3n) is 6.31. The Hall–Kier alpha value is -4.04. The molecule has 0 spiro atoms. The van der Waals surface area contributed by atoms with Crippen molar-refractivity contribution in [3.8, 4) is 28.1 Å². The van der Waals surface area contributed by atoms with Crippen LogP contribution in [0.1, 0.15) is 18.4 Å². The van der Waals surface area contributed by atoms with Gasteiger partial charge in [-0.15, -0.1) is 0 Å². The molecule has 1 aliphatic rings. The fraction of sp³-hybridized carbons (Fsp3) is 0.185. The van der Waals surface area contributed by atoms with Gasteiger partial charge in [0.15, 0.2) is 11.6 Å². The molecule has 0 amide bonds. The van der Waals surface area contributed by atoms with Gasteiger partial charge in [-0.05, 0) is 24.6 Å². The minimum absolute atomic E-state index is 0.0423. The Balaban J connectivity index is 1.68. The molecule has 3 aromatic carbocycles. The summed E-state index contributed by atoms with van der Waals surface area (Å²) < 4.78 is 33.9. The third-order valence-corrected chi connectivity index (χ3v) is 6.31. The molecule has 0 saturated heterocycles. The highest BCUT2D eigenvalue weighted by molar-refractivity contribution is 6.01. The van der Waals surface area contributed by atoms with Crippen molar-refractivity contribution in [1.29, 1.82) is 0 Å². The van der Waals surface area contributed by atoms with E-state index in [0.717, 1.165) is 29.0 Å². The first-order valence-electron chi connectivity index (χ1n) is 11.3. The number of ether oxygens (including phenoxy) is 1. The molecule has 1 aromatic heterocycles. The number of aliphatic carboxylic acids is 1. The van der Waals surface area contributed by atoms with Crippen LogP contribution in [0.5, 0.6) is 5.75 Å². The number of nitrogens with two attached hydrogens (primary N) is 1. The molecular formula is C27H23F2N3O3. The summed E-state index contributed by atoms with van der Waals surface area (Å²) in [6, 6.07) is 16.3. The van der Waals surface area contributed by atoms with Crippen molar-refractivity contribution in [3.63, 3.8) is 0 Å². The zero-order valence-corrected chi connectivity index (χ0v) is 18.9. The average molecular weight is 475 g/mol. The minimum Gasteiger partial charge on any atom is -0.493 e. The lowest BCUT2D eigenvalue weighted by molar-refractivity contribution is -0.138. The van der Waals surface area contributed by atoms with Crippen LogP contribution in [0, 0.1) is 11.6 Å². The predicted molar refractivity (Wildman–Crippen MR) is 131 cm³/mol. The molecule has 1 aliphatic heterocycles. The number of rotatable bonds is 6. The number of carbonyl (C=O) groups is 1. The highest BCUT2D eigenvalue weighted by Gasteiger charge is 2.40. The number of hydrogen-bond acceptors (Lipinski definition) is 5. The van der Waals surface area contributed by atoms with Gasteiger partial charge in [0.05, 0.1) is 23.5 Å². The number of fused-ring (bicyclic) bond motifs is 3. The van der Waals surface area contributed by atoms with Crippen molar-refractivity contribution in [2.45, 2.75) is 18.9 Å². The lowest BCUT2D eigenvalue weighted by atomic mass is 9.90. The van der Waals surface area contributed by atoms with E-state index in [-0.39, 0.29) is 12.1 Å². The van der Waals surface area contributed by atoms with E-state index in [9.17, 15) is 18.7 Å². The highest BCUT2D eigenvalue weighted by Crippen LogP contribution is 2.45. The number of carboxylic acid groups (broad SMARTS) is 1. The summed E-state index contributed by atoms with van der Waals surface area (Å²) >= 11 is 0. The van der Waals surface area contributed by atoms with Crippen LogP contribution in [-0.4, -0.2) is 35.3 Å². The van der Waals surface area contributed by atoms with Gasteiger partial charge in [-0.2, -0.15) is 0 Å². The van der Waals surface area contributed by atoms with Gasteiger partial charge in [0.2, 0.25) is 0 Å². The second-order valence-corrected chi connectivity index (χ2v) is 8.34. The van der Waals surface area contributed by atoms with Crippen LogP contribution in [0.2, 0.25) is 0 Å². The molecule has 0 bridgehead atoms. The average Bonchev–Trinajstić information content (AvgIpc) is 3.26. The fourth-order valence-electron chi connectivity index (χ4n) is 4.71. The standard InChI is InChI=1S/C27H23F2N3O3/c1-2-35-22-6-4-3-5-16(22)14-7-9-15(10-8-14)24-23-18(13-30)26(27(33)34)32-25(23)17-11-19(28)20(29)12-21(17)31-24/h3-12,18,26,32H,2,13,30H2,1H3,(H,33,34)/t18?,26-/m1/s1. The van der Waals surface area contributed by atoms with Gasteiger partial charge in [0, 0.05) is 40.6 Å². The normalized spacial score (nSPS) is 16.7. The maximum atomic E-state index is 14.1. The van der Waals surface area contributed by atoms with Gasteiger partial charge < -0.3 is 20.9 Å². The number of halogens is 2. The molecule has 6 nitrogen and oxygen atoms in total. The zero-order chi connectivity index (χ0) is 24.7. The van der Waals surface area contributed by atoms with E-state index in [2.05, 4.69) is 10.3 Å². The monoisotopic (exact) mass is 475 g/mol. The molecule has 4 N–H and O–H groups in total. The van der Waals surface area contributed by atoms with E-state index in [4.69, 9.17) is 10.5 Å². The summed E-state index contributed by atoms with van der Waals surface area (Å²) in [7, 11) is 0. The number of nitrogens with one attached hydrogen (secondary N) is 1. The first-order valence-corrected chi connectivity index (χ1v) is 11.3. The van der Waals surface area contributed by atoms with Crippen LogP contribution in [0.15, 0.2) is 60.7 Å². The molecule has 4 aromatic rings. The maximum Gasteiger partial charge on any atom is 0.326 e. The van der Waals surface area contributed by atoms with Crippen molar-refractivity contribution >= 4 is 22.6 Å². The van der Waals surface area contributed by atoms with E-state index in [1.807, 2.05) is 55.5 Å². The van der Waals surface area contributed by atoms with E-state index in [0.29, 0.717) is 34.5 Å². The summed E-state index contributed by atoms with van der Waals surface area (Å²) in [5, 5.41) is 13.0. The Bertz CT molecular complexity index is 1440. The SMILES string of the molecule is CCOc1ccccc1-c1ccc(-c2nc3cc(F)c(F)cc3c3c2C(CN)[C@H](C(=O)O)N3)cc1.